The van der Waals surface area contributed by atoms with Crippen LogP contribution in [-0.4, -0.2) is 23.6 Å². The second kappa shape index (κ2) is 11.3. The monoisotopic (exact) mass is 456 g/mol. The Morgan fingerprint density at radius 3 is 2.44 bits per heavy atom. The summed E-state index contributed by atoms with van der Waals surface area (Å²) in [5.74, 6) is -0.533. The third kappa shape index (κ3) is 6.47. The lowest BCUT2D eigenvalue weighted by molar-refractivity contribution is -0.112. The van der Waals surface area contributed by atoms with Gasteiger partial charge in [0.1, 0.15) is 18.2 Å². The first-order valence-corrected chi connectivity index (χ1v) is 10.6. The number of carboxylic acid groups (broad SMARTS) is 1. The van der Waals surface area contributed by atoms with E-state index in [-0.39, 0.29) is 17.7 Å². The second-order valence-electron chi connectivity index (χ2n) is 7.42. The molecule has 2 N–H and O–H groups in total. The summed E-state index contributed by atoms with van der Waals surface area (Å²) < 4.78 is 11.5. The van der Waals surface area contributed by atoms with Gasteiger partial charge in [0.25, 0.3) is 5.91 Å². The van der Waals surface area contributed by atoms with Gasteiger partial charge in [0.2, 0.25) is 0 Å². The Morgan fingerprint density at radius 2 is 1.79 bits per heavy atom. The topological polar surface area (TPSA) is 109 Å². The number of rotatable bonds is 9. The molecule has 0 aliphatic rings. The minimum Gasteiger partial charge on any atom is -0.490 e. The fourth-order valence-electron chi connectivity index (χ4n) is 3.14. The number of hydrogen-bond donors (Lipinski definition) is 2. The van der Waals surface area contributed by atoms with Crippen molar-refractivity contribution in [2.75, 3.05) is 11.9 Å². The van der Waals surface area contributed by atoms with Crippen molar-refractivity contribution < 1.29 is 24.2 Å². The molecule has 7 nitrogen and oxygen atoms in total. The number of hydrogen-bond acceptors (Lipinski definition) is 5. The van der Waals surface area contributed by atoms with Crippen molar-refractivity contribution in [3.05, 3.63) is 94.6 Å². The zero-order valence-electron chi connectivity index (χ0n) is 18.9. The van der Waals surface area contributed by atoms with E-state index in [4.69, 9.17) is 14.6 Å². The highest BCUT2D eigenvalue weighted by Gasteiger charge is 2.12. The molecule has 3 rings (SSSR count). The molecule has 7 heteroatoms. The first kappa shape index (κ1) is 24.1. The van der Waals surface area contributed by atoms with Crippen LogP contribution < -0.4 is 14.8 Å². The number of nitriles is 1. The lowest BCUT2D eigenvalue weighted by atomic mass is 10.1. The molecular formula is C27H24N2O5. The molecule has 0 spiro atoms. The lowest BCUT2D eigenvalue weighted by Crippen LogP contribution is -2.13. The molecule has 172 valence electrons. The molecule has 0 heterocycles. The van der Waals surface area contributed by atoms with Gasteiger partial charge in [-0.2, -0.15) is 5.26 Å². The van der Waals surface area contributed by atoms with Crippen LogP contribution in [0.4, 0.5) is 5.69 Å². The number of aromatic carboxylic acids is 1. The van der Waals surface area contributed by atoms with E-state index in [1.165, 1.54) is 18.2 Å². The number of carbonyl (C=O) groups is 2. The Hall–Kier alpha value is -4.57. The van der Waals surface area contributed by atoms with Crippen molar-refractivity contribution in [2.24, 2.45) is 0 Å². The Kier molecular flexibility index (Phi) is 8.03. The van der Waals surface area contributed by atoms with Crippen LogP contribution >= 0.6 is 0 Å². The number of carbonyl (C=O) groups excluding carboxylic acids is 1. The standard InChI is InChI=1S/C27H24N2O5/c1-3-33-25-15-20(14-22(16-28)26(30)29-23-6-4-5-18(2)13-23)9-12-24(25)34-17-19-7-10-21(11-8-19)27(31)32/h4-15H,3,17H2,1-2H3,(H,29,30)(H,31,32)/b22-14+. The molecule has 0 atom stereocenters. The maximum atomic E-state index is 12.6. The van der Waals surface area contributed by atoms with E-state index in [1.807, 2.05) is 38.1 Å². The molecule has 0 bridgehead atoms. The van der Waals surface area contributed by atoms with E-state index < -0.39 is 11.9 Å². The molecule has 0 saturated carbocycles. The fraction of sp³-hybridized carbons (Fsp3) is 0.148. The molecule has 0 aliphatic heterocycles. The highest BCUT2D eigenvalue weighted by Crippen LogP contribution is 2.30. The highest BCUT2D eigenvalue weighted by atomic mass is 16.5. The molecule has 34 heavy (non-hydrogen) atoms. The zero-order chi connectivity index (χ0) is 24.5. The largest absolute Gasteiger partial charge is 0.490 e. The number of carboxylic acids is 1. The Labute approximate surface area is 197 Å². The summed E-state index contributed by atoms with van der Waals surface area (Å²) in [7, 11) is 0. The SMILES string of the molecule is CCOc1cc(/C=C(\C#N)C(=O)Nc2cccc(C)c2)ccc1OCc1ccc(C(=O)O)cc1. The summed E-state index contributed by atoms with van der Waals surface area (Å²) in [5.41, 5.74) is 3.18. The molecular weight excluding hydrogens is 432 g/mol. The molecule has 0 aromatic heterocycles. The first-order chi connectivity index (χ1) is 16.4. The summed E-state index contributed by atoms with van der Waals surface area (Å²) in [4.78, 5) is 23.6. The maximum absolute atomic E-state index is 12.6. The van der Waals surface area contributed by atoms with Gasteiger partial charge < -0.3 is 19.9 Å². The predicted molar refractivity (Wildman–Crippen MR) is 129 cm³/mol. The minimum absolute atomic E-state index is 0.0452. The molecule has 0 unspecified atom stereocenters. The summed E-state index contributed by atoms with van der Waals surface area (Å²) in [5, 5.41) is 21.2. The van der Waals surface area contributed by atoms with Crippen LogP contribution in [0.5, 0.6) is 11.5 Å². The quantitative estimate of drug-likeness (QED) is 0.338. The van der Waals surface area contributed by atoms with Crippen molar-refractivity contribution in [3.63, 3.8) is 0 Å². The van der Waals surface area contributed by atoms with E-state index in [2.05, 4.69) is 5.32 Å². The fourth-order valence-corrected chi connectivity index (χ4v) is 3.14. The Bertz CT molecular complexity index is 1260. The summed E-state index contributed by atoms with van der Waals surface area (Å²) in [6, 6.07) is 20.8. The van der Waals surface area contributed by atoms with Gasteiger partial charge >= 0.3 is 5.97 Å². The predicted octanol–water partition coefficient (Wildman–Crippen LogP) is 5.22. The molecule has 3 aromatic carbocycles. The van der Waals surface area contributed by atoms with Gasteiger partial charge in [-0.1, -0.05) is 30.3 Å². The van der Waals surface area contributed by atoms with Crippen LogP contribution in [-0.2, 0) is 11.4 Å². The second-order valence-corrected chi connectivity index (χ2v) is 7.42. The van der Waals surface area contributed by atoms with Gasteiger partial charge in [-0.15, -0.1) is 0 Å². The van der Waals surface area contributed by atoms with Gasteiger partial charge in [-0.3, -0.25) is 4.79 Å². The third-order valence-electron chi connectivity index (χ3n) is 4.81. The molecule has 0 radical (unpaired) electrons. The average molecular weight is 456 g/mol. The summed E-state index contributed by atoms with van der Waals surface area (Å²) in [6.45, 7) is 4.38. The van der Waals surface area contributed by atoms with Crippen LogP contribution in [0.25, 0.3) is 6.08 Å². The van der Waals surface area contributed by atoms with Gasteiger partial charge in [-0.25, -0.2) is 4.79 Å². The third-order valence-corrected chi connectivity index (χ3v) is 4.81. The number of nitrogens with zero attached hydrogens (tertiary/aromatic N) is 1. The average Bonchev–Trinajstić information content (AvgIpc) is 2.82. The Balaban J connectivity index is 1.76. The van der Waals surface area contributed by atoms with Gasteiger partial charge in [0.15, 0.2) is 11.5 Å². The van der Waals surface area contributed by atoms with E-state index in [0.29, 0.717) is 29.4 Å². The van der Waals surface area contributed by atoms with Crippen molar-refractivity contribution in [3.8, 4) is 17.6 Å². The number of ether oxygens (including phenoxy) is 2. The molecule has 1 amide bonds. The molecule has 3 aromatic rings. The van der Waals surface area contributed by atoms with E-state index >= 15 is 0 Å². The smallest absolute Gasteiger partial charge is 0.335 e. The van der Waals surface area contributed by atoms with Gasteiger partial charge in [-0.05, 0) is 73.0 Å². The number of anilines is 1. The van der Waals surface area contributed by atoms with Crippen LogP contribution in [0.2, 0.25) is 0 Å². The van der Waals surface area contributed by atoms with Crippen molar-refractivity contribution in [2.45, 2.75) is 20.5 Å². The first-order valence-electron chi connectivity index (χ1n) is 10.6. The molecule has 0 saturated heterocycles. The van der Waals surface area contributed by atoms with E-state index in [9.17, 15) is 14.9 Å². The van der Waals surface area contributed by atoms with E-state index in [0.717, 1.165) is 11.1 Å². The van der Waals surface area contributed by atoms with Crippen molar-refractivity contribution in [1.82, 2.24) is 0 Å². The molecule has 0 aliphatic carbocycles. The maximum Gasteiger partial charge on any atom is 0.335 e. The van der Waals surface area contributed by atoms with Crippen molar-refractivity contribution >= 4 is 23.6 Å². The normalized spacial score (nSPS) is 10.8. The number of nitrogens with one attached hydrogen (secondary N) is 1. The van der Waals surface area contributed by atoms with Gasteiger partial charge in [0, 0.05) is 5.69 Å². The van der Waals surface area contributed by atoms with Gasteiger partial charge in [0.05, 0.1) is 12.2 Å². The minimum atomic E-state index is -0.987. The highest BCUT2D eigenvalue weighted by molar-refractivity contribution is 6.09. The number of benzene rings is 3. The van der Waals surface area contributed by atoms with Crippen LogP contribution in [0.1, 0.15) is 34.0 Å². The zero-order valence-corrected chi connectivity index (χ0v) is 18.9. The van der Waals surface area contributed by atoms with Crippen LogP contribution in [0.3, 0.4) is 0 Å². The molecule has 0 fully saturated rings. The Morgan fingerprint density at radius 1 is 1.03 bits per heavy atom. The lowest BCUT2D eigenvalue weighted by Gasteiger charge is -2.13. The van der Waals surface area contributed by atoms with Crippen LogP contribution in [0, 0.1) is 18.3 Å². The summed E-state index contributed by atoms with van der Waals surface area (Å²) in [6.07, 6.45) is 1.49. The number of aryl methyl sites for hydroxylation is 1. The van der Waals surface area contributed by atoms with Crippen molar-refractivity contribution in [1.29, 1.82) is 5.26 Å². The summed E-state index contributed by atoms with van der Waals surface area (Å²) >= 11 is 0. The van der Waals surface area contributed by atoms with E-state index in [1.54, 1.807) is 36.4 Å². The van der Waals surface area contributed by atoms with Crippen LogP contribution in [0.15, 0.2) is 72.3 Å². The number of amides is 1.